The smallest absolute Gasteiger partial charge is 0.252 e. The summed E-state index contributed by atoms with van der Waals surface area (Å²) in [6.07, 6.45) is 2.18. The standard InChI is InChI=1S/C10H17N3O2/c1-7(2)3-8(5-14)13-9-4-10(15)12-6-11-9/h4,6-8,14H,3,5H2,1-2H3,(H2,11,12,13,15). The fraction of sp³-hybridized carbons (Fsp3) is 0.600. The van der Waals surface area contributed by atoms with Gasteiger partial charge in [0.1, 0.15) is 5.82 Å². The largest absolute Gasteiger partial charge is 0.394 e. The summed E-state index contributed by atoms with van der Waals surface area (Å²) in [5, 5.41) is 12.1. The zero-order valence-corrected chi connectivity index (χ0v) is 9.03. The SMILES string of the molecule is CC(C)CC(CO)Nc1cc(=O)[nH]cn1. The molecule has 0 fully saturated rings. The first-order chi connectivity index (χ1) is 7.11. The Morgan fingerprint density at radius 3 is 2.87 bits per heavy atom. The molecule has 0 saturated heterocycles. The quantitative estimate of drug-likeness (QED) is 0.666. The fourth-order valence-electron chi connectivity index (χ4n) is 1.40. The van der Waals surface area contributed by atoms with Crippen LogP contribution in [-0.4, -0.2) is 27.7 Å². The van der Waals surface area contributed by atoms with Gasteiger partial charge in [-0.3, -0.25) is 4.79 Å². The molecule has 3 N–H and O–H groups in total. The minimum absolute atomic E-state index is 0.0344. The van der Waals surface area contributed by atoms with Gasteiger partial charge in [-0.15, -0.1) is 0 Å². The number of aliphatic hydroxyl groups is 1. The molecule has 0 aromatic carbocycles. The van der Waals surface area contributed by atoms with Crippen molar-refractivity contribution in [3.05, 3.63) is 22.7 Å². The van der Waals surface area contributed by atoms with Crippen LogP contribution in [0.25, 0.3) is 0 Å². The number of hydrogen-bond acceptors (Lipinski definition) is 4. The maximum absolute atomic E-state index is 11.0. The molecule has 1 unspecified atom stereocenters. The molecule has 0 bridgehead atoms. The van der Waals surface area contributed by atoms with E-state index in [4.69, 9.17) is 5.11 Å². The number of anilines is 1. The summed E-state index contributed by atoms with van der Waals surface area (Å²) in [6, 6.07) is 1.32. The van der Waals surface area contributed by atoms with E-state index in [1.54, 1.807) is 0 Å². The molecule has 0 aliphatic carbocycles. The molecule has 84 valence electrons. The minimum atomic E-state index is -0.200. The molecule has 0 spiro atoms. The van der Waals surface area contributed by atoms with Crippen molar-refractivity contribution in [2.45, 2.75) is 26.3 Å². The van der Waals surface area contributed by atoms with Gasteiger partial charge in [0.2, 0.25) is 0 Å². The van der Waals surface area contributed by atoms with Crippen LogP contribution >= 0.6 is 0 Å². The number of nitrogens with one attached hydrogen (secondary N) is 2. The first-order valence-corrected chi connectivity index (χ1v) is 5.04. The molecule has 0 amide bonds. The van der Waals surface area contributed by atoms with Crippen molar-refractivity contribution in [2.75, 3.05) is 11.9 Å². The number of nitrogens with zero attached hydrogens (tertiary/aromatic N) is 1. The third kappa shape index (κ3) is 4.12. The van der Waals surface area contributed by atoms with E-state index in [2.05, 4.69) is 29.1 Å². The van der Waals surface area contributed by atoms with Crippen molar-refractivity contribution in [1.82, 2.24) is 9.97 Å². The molecule has 0 aliphatic heterocycles. The van der Waals surface area contributed by atoms with E-state index >= 15 is 0 Å². The average Bonchev–Trinajstić information content (AvgIpc) is 2.16. The number of hydrogen-bond donors (Lipinski definition) is 3. The van der Waals surface area contributed by atoms with Crippen molar-refractivity contribution in [3.63, 3.8) is 0 Å². The van der Waals surface area contributed by atoms with Crippen molar-refractivity contribution in [2.24, 2.45) is 5.92 Å². The number of aliphatic hydroxyl groups excluding tert-OH is 1. The van der Waals surface area contributed by atoms with Crippen molar-refractivity contribution in [3.8, 4) is 0 Å². The van der Waals surface area contributed by atoms with Gasteiger partial charge in [-0.2, -0.15) is 0 Å². The highest BCUT2D eigenvalue weighted by Crippen LogP contribution is 2.08. The molecule has 0 radical (unpaired) electrons. The Morgan fingerprint density at radius 2 is 2.33 bits per heavy atom. The molecule has 5 heteroatoms. The molecule has 1 rings (SSSR count). The molecule has 5 nitrogen and oxygen atoms in total. The van der Waals surface area contributed by atoms with Gasteiger partial charge >= 0.3 is 0 Å². The molecule has 0 saturated carbocycles. The van der Waals surface area contributed by atoms with E-state index in [0.29, 0.717) is 11.7 Å². The molecule has 15 heavy (non-hydrogen) atoms. The lowest BCUT2D eigenvalue weighted by molar-refractivity contribution is 0.259. The Kier molecular flexibility index (Phi) is 4.30. The van der Waals surface area contributed by atoms with E-state index in [1.165, 1.54) is 12.4 Å². The van der Waals surface area contributed by atoms with Gasteiger partial charge in [-0.05, 0) is 12.3 Å². The predicted molar refractivity (Wildman–Crippen MR) is 58.8 cm³/mol. The van der Waals surface area contributed by atoms with Crippen LogP contribution in [0.5, 0.6) is 0 Å². The Bertz CT molecular complexity index is 349. The first-order valence-electron chi connectivity index (χ1n) is 5.04. The third-order valence-corrected chi connectivity index (χ3v) is 2.01. The summed E-state index contributed by atoms with van der Waals surface area (Å²) in [5.74, 6) is 0.982. The molecule has 1 aromatic rings. The summed E-state index contributed by atoms with van der Waals surface area (Å²) >= 11 is 0. The highest BCUT2D eigenvalue weighted by molar-refractivity contribution is 5.32. The Hall–Kier alpha value is -1.36. The van der Waals surface area contributed by atoms with Crippen LogP contribution < -0.4 is 10.9 Å². The molecule has 1 heterocycles. The van der Waals surface area contributed by atoms with Gasteiger partial charge < -0.3 is 15.4 Å². The maximum Gasteiger partial charge on any atom is 0.252 e. The van der Waals surface area contributed by atoms with Gasteiger partial charge in [-0.1, -0.05) is 13.8 Å². The lowest BCUT2D eigenvalue weighted by Crippen LogP contribution is -2.26. The number of aromatic amines is 1. The Labute approximate surface area is 88.6 Å². The maximum atomic E-state index is 11.0. The van der Waals surface area contributed by atoms with Crippen LogP contribution in [0.3, 0.4) is 0 Å². The Morgan fingerprint density at radius 1 is 1.60 bits per heavy atom. The Balaban J connectivity index is 2.62. The van der Waals surface area contributed by atoms with Crippen molar-refractivity contribution in [1.29, 1.82) is 0 Å². The van der Waals surface area contributed by atoms with Crippen LogP contribution in [-0.2, 0) is 0 Å². The number of aromatic nitrogens is 2. The van der Waals surface area contributed by atoms with Crippen LogP contribution in [0, 0.1) is 5.92 Å². The molecule has 1 aromatic heterocycles. The highest BCUT2D eigenvalue weighted by Gasteiger charge is 2.09. The first kappa shape index (κ1) is 11.7. The van der Waals surface area contributed by atoms with Crippen LogP contribution in [0.15, 0.2) is 17.2 Å². The van der Waals surface area contributed by atoms with Crippen molar-refractivity contribution < 1.29 is 5.11 Å². The molecule has 1 atom stereocenters. The predicted octanol–water partition coefficient (Wildman–Crippen LogP) is 0.589. The number of rotatable bonds is 5. The second-order valence-corrected chi connectivity index (χ2v) is 3.95. The summed E-state index contributed by atoms with van der Waals surface area (Å²) in [5.41, 5.74) is -0.200. The second kappa shape index (κ2) is 5.50. The van der Waals surface area contributed by atoms with Crippen molar-refractivity contribution >= 4 is 5.82 Å². The fourth-order valence-corrected chi connectivity index (χ4v) is 1.40. The van der Waals surface area contributed by atoms with Gasteiger partial charge in [0, 0.05) is 6.07 Å². The van der Waals surface area contributed by atoms with Gasteiger partial charge in [-0.25, -0.2) is 4.98 Å². The molecular weight excluding hydrogens is 194 g/mol. The minimum Gasteiger partial charge on any atom is -0.394 e. The van der Waals surface area contributed by atoms with E-state index < -0.39 is 0 Å². The molecular formula is C10H17N3O2. The van der Waals surface area contributed by atoms with Crippen LogP contribution in [0.4, 0.5) is 5.82 Å². The molecule has 0 aliphatic rings. The lowest BCUT2D eigenvalue weighted by atomic mass is 10.0. The average molecular weight is 211 g/mol. The topological polar surface area (TPSA) is 78.0 Å². The summed E-state index contributed by atoms with van der Waals surface area (Å²) in [6.45, 7) is 4.19. The van der Waals surface area contributed by atoms with E-state index in [0.717, 1.165) is 6.42 Å². The zero-order valence-electron chi connectivity index (χ0n) is 9.03. The highest BCUT2D eigenvalue weighted by atomic mass is 16.3. The summed E-state index contributed by atoms with van der Waals surface area (Å²) < 4.78 is 0. The number of H-pyrrole nitrogens is 1. The normalized spacial score (nSPS) is 12.8. The van der Waals surface area contributed by atoms with E-state index in [9.17, 15) is 4.79 Å². The van der Waals surface area contributed by atoms with E-state index in [-0.39, 0.29) is 18.2 Å². The van der Waals surface area contributed by atoms with Crippen LogP contribution in [0.2, 0.25) is 0 Å². The summed E-state index contributed by atoms with van der Waals surface area (Å²) in [4.78, 5) is 17.4. The third-order valence-electron chi connectivity index (χ3n) is 2.01. The lowest BCUT2D eigenvalue weighted by Gasteiger charge is -2.18. The van der Waals surface area contributed by atoms with E-state index in [1.807, 2.05) is 0 Å². The second-order valence-electron chi connectivity index (χ2n) is 3.95. The van der Waals surface area contributed by atoms with Crippen LogP contribution in [0.1, 0.15) is 20.3 Å². The summed E-state index contributed by atoms with van der Waals surface area (Å²) in [7, 11) is 0. The van der Waals surface area contributed by atoms with Gasteiger partial charge in [0.15, 0.2) is 0 Å². The van der Waals surface area contributed by atoms with Gasteiger partial charge in [0.25, 0.3) is 5.56 Å². The zero-order chi connectivity index (χ0) is 11.3. The monoisotopic (exact) mass is 211 g/mol. The van der Waals surface area contributed by atoms with Gasteiger partial charge in [0.05, 0.1) is 19.0 Å².